The van der Waals surface area contributed by atoms with E-state index in [1.54, 1.807) is 16.7 Å². The molecule has 3 N–H and O–H groups in total. The fourth-order valence-corrected chi connectivity index (χ4v) is 8.81. The van der Waals surface area contributed by atoms with Gasteiger partial charge in [0.1, 0.15) is 6.04 Å². The molecule has 0 radical (unpaired) electrons. The molecule has 0 aliphatic carbocycles. The van der Waals surface area contributed by atoms with E-state index < -0.39 is 28.7 Å². The van der Waals surface area contributed by atoms with Crippen LogP contribution in [0.15, 0.2) is 48.5 Å². The lowest BCUT2D eigenvalue weighted by atomic mass is 9.70. The first kappa shape index (κ1) is 25.8. The quantitative estimate of drug-likeness (QED) is 0.495. The molecule has 3 heterocycles. The fourth-order valence-electron chi connectivity index (χ4n) is 6.60. The molecule has 1 spiro atoms. The molecule has 3 aliphatic heterocycles. The second-order valence-corrected chi connectivity index (χ2v) is 12.1. The Morgan fingerprint density at radius 2 is 1.81 bits per heavy atom. The molecule has 196 valence electrons. The van der Waals surface area contributed by atoms with Crippen molar-refractivity contribution in [2.75, 3.05) is 11.9 Å². The zero-order valence-corrected chi connectivity index (χ0v) is 22.4. The summed E-state index contributed by atoms with van der Waals surface area (Å²) in [7, 11) is 0. The van der Waals surface area contributed by atoms with Crippen LogP contribution in [0.25, 0.3) is 0 Å². The van der Waals surface area contributed by atoms with Crippen molar-refractivity contribution in [3.8, 4) is 0 Å². The van der Waals surface area contributed by atoms with E-state index in [2.05, 4.69) is 10.6 Å². The predicted octanol–water partition coefficient (Wildman–Crippen LogP) is 3.42. The molecule has 2 aromatic carbocycles. The molecule has 2 aromatic rings. The summed E-state index contributed by atoms with van der Waals surface area (Å²) in [4.78, 5) is 43.2. The topological polar surface area (TPSA) is 98.7 Å². The number of thioether (sulfide) groups is 1. The number of carbonyl (C=O) groups is 3. The van der Waals surface area contributed by atoms with Crippen LogP contribution in [-0.2, 0) is 20.9 Å². The number of aryl methyl sites for hydroxylation is 2. The predicted molar refractivity (Wildman–Crippen MR) is 145 cm³/mol. The lowest BCUT2D eigenvalue weighted by Crippen LogP contribution is -2.54. The molecule has 0 saturated carbocycles. The number of anilines is 1. The first-order chi connectivity index (χ1) is 17.8. The van der Waals surface area contributed by atoms with Crippen molar-refractivity contribution >= 4 is 35.2 Å². The van der Waals surface area contributed by atoms with E-state index in [4.69, 9.17) is 0 Å². The highest BCUT2D eigenvalue weighted by Crippen LogP contribution is 2.66. The van der Waals surface area contributed by atoms with E-state index >= 15 is 0 Å². The minimum atomic E-state index is -0.747. The number of aliphatic hydroxyl groups is 1. The van der Waals surface area contributed by atoms with Crippen molar-refractivity contribution in [2.45, 2.75) is 68.7 Å². The summed E-state index contributed by atoms with van der Waals surface area (Å²) in [5, 5.41) is 16.4. The largest absolute Gasteiger partial charge is 0.394 e. The van der Waals surface area contributed by atoms with Gasteiger partial charge >= 0.3 is 0 Å². The van der Waals surface area contributed by atoms with Crippen molar-refractivity contribution < 1.29 is 19.5 Å². The van der Waals surface area contributed by atoms with Gasteiger partial charge in [-0.1, -0.05) is 55.5 Å². The molecule has 3 saturated heterocycles. The van der Waals surface area contributed by atoms with Gasteiger partial charge in [0.15, 0.2) is 0 Å². The molecule has 3 fully saturated rings. The number of rotatable bonds is 8. The molecule has 6 atom stereocenters. The molecule has 0 aromatic heterocycles. The van der Waals surface area contributed by atoms with Crippen LogP contribution in [0, 0.1) is 25.7 Å². The van der Waals surface area contributed by atoms with Gasteiger partial charge in [0.2, 0.25) is 17.7 Å². The van der Waals surface area contributed by atoms with E-state index in [0.29, 0.717) is 19.4 Å². The summed E-state index contributed by atoms with van der Waals surface area (Å²) in [6.07, 6.45) is 2.01. The van der Waals surface area contributed by atoms with Crippen LogP contribution >= 0.6 is 11.8 Å². The normalized spacial score (nSPS) is 28.8. The summed E-state index contributed by atoms with van der Waals surface area (Å²) in [6.45, 7) is 5.99. The number of fused-ring (bicyclic) bond motifs is 1. The van der Waals surface area contributed by atoms with Crippen LogP contribution in [-0.4, -0.2) is 56.4 Å². The molecule has 2 unspecified atom stereocenters. The van der Waals surface area contributed by atoms with Gasteiger partial charge in [-0.15, -0.1) is 11.8 Å². The number of hydrogen-bond acceptors (Lipinski definition) is 5. The van der Waals surface area contributed by atoms with Gasteiger partial charge in [-0.3, -0.25) is 14.4 Å². The number of hydrogen-bond donors (Lipinski definition) is 3. The first-order valence-electron chi connectivity index (χ1n) is 13.1. The molecule has 37 heavy (non-hydrogen) atoms. The third-order valence-electron chi connectivity index (χ3n) is 8.40. The standard InChI is InChI=1S/C29H35N3O4S/c1-4-20(16-33)32-25(27(35)31-24-17(2)9-8-10-18(24)3)29-14-13-21(37-29)22(23(29)28(32)36)26(34)30-15-19-11-6-5-7-12-19/h5-12,20-23,25,33H,4,13-16H2,1-3H3,(H,30,34)(H,31,35)/t20-,21-,22+,23-,25?,29?/m0/s1. The van der Waals surface area contributed by atoms with E-state index in [9.17, 15) is 19.5 Å². The van der Waals surface area contributed by atoms with Crippen molar-refractivity contribution in [3.05, 3.63) is 65.2 Å². The Balaban J connectivity index is 1.47. The van der Waals surface area contributed by atoms with Crippen molar-refractivity contribution in [2.24, 2.45) is 11.8 Å². The SMILES string of the molecule is CC[C@@H](CO)N1C(=O)[C@@H]2[C@H](C(=O)NCc3ccccc3)[C@@H]3CCC2(S3)C1C(=O)Nc1c(C)cccc1C. The molecule has 8 heteroatoms. The molecule has 7 nitrogen and oxygen atoms in total. The van der Waals surface area contributed by atoms with Crippen molar-refractivity contribution in [1.82, 2.24) is 10.2 Å². The number of aliphatic hydroxyl groups excluding tert-OH is 1. The lowest BCUT2D eigenvalue weighted by molar-refractivity contribution is -0.142. The molecular weight excluding hydrogens is 486 g/mol. The minimum Gasteiger partial charge on any atom is -0.394 e. The zero-order valence-electron chi connectivity index (χ0n) is 21.6. The summed E-state index contributed by atoms with van der Waals surface area (Å²) >= 11 is 1.64. The number of nitrogens with zero attached hydrogens (tertiary/aromatic N) is 1. The summed E-state index contributed by atoms with van der Waals surface area (Å²) < 4.78 is -0.681. The van der Waals surface area contributed by atoms with E-state index in [0.717, 1.165) is 28.8 Å². The van der Waals surface area contributed by atoms with Gasteiger partial charge in [0, 0.05) is 17.5 Å². The molecule has 2 bridgehead atoms. The van der Waals surface area contributed by atoms with Crippen molar-refractivity contribution in [1.29, 1.82) is 0 Å². The maximum atomic E-state index is 14.1. The number of amides is 3. The van der Waals surface area contributed by atoms with Crippen LogP contribution in [0.1, 0.15) is 42.9 Å². The Bertz CT molecular complexity index is 1180. The monoisotopic (exact) mass is 521 g/mol. The minimum absolute atomic E-state index is 0.00317. The van der Waals surface area contributed by atoms with Crippen LogP contribution < -0.4 is 10.6 Å². The highest BCUT2D eigenvalue weighted by atomic mass is 32.2. The molecule has 3 aliphatic rings. The van der Waals surface area contributed by atoms with Crippen LogP contribution in [0.4, 0.5) is 5.69 Å². The van der Waals surface area contributed by atoms with E-state index in [-0.39, 0.29) is 29.6 Å². The maximum Gasteiger partial charge on any atom is 0.248 e. The van der Waals surface area contributed by atoms with Gasteiger partial charge in [0.05, 0.1) is 29.2 Å². The van der Waals surface area contributed by atoms with Gasteiger partial charge in [-0.2, -0.15) is 0 Å². The Morgan fingerprint density at radius 3 is 2.46 bits per heavy atom. The van der Waals surface area contributed by atoms with Gasteiger partial charge in [0.25, 0.3) is 0 Å². The van der Waals surface area contributed by atoms with Gasteiger partial charge < -0.3 is 20.6 Å². The summed E-state index contributed by atoms with van der Waals surface area (Å²) in [5.41, 5.74) is 3.66. The average Bonchev–Trinajstić information content (AvgIpc) is 3.54. The average molecular weight is 522 g/mol. The Labute approximate surface area is 222 Å². The number of nitrogens with one attached hydrogen (secondary N) is 2. The Kier molecular flexibility index (Phi) is 7.07. The Hall–Kier alpha value is -2.84. The summed E-state index contributed by atoms with van der Waals surface area (Å²) in [5.74, 6) is -1.63. The third-order valence-corrected chi connectivity index (χ3v) is 10.4. The molecular formula is C29H35N3O4S. The van der Waals surface area contributed by atoms with E-state index in [1.165, 1.54) is 0 Å². The summed E-state index contributed by atoms with van der Waals surface area (Å²) in [6, 6.07) is 14.3. The van der Waals surface area contributed by atoms with Gasteiger partial charge in [-0.05, 0) is 49.8 Å². The van der Waals surface area contributed by atoms with Crippen LogP contribution in [0.3, 0.4) is 0 Å². The maximum absolute atomic E-state index is 14.1. The first-order valence-corrected chi connectivity index (χ1v) is 14.0. The van der Waals surface area contributed by atoms with Crippen LogP contribution in [0.5, 0.6) is 0 Å². The second-order valence-electron chi connectivity index (χ2n) is 10.5. The van der Waals surface area contributed by atoms with E-state index in [1.807, 2.05) is 69.3 Å². The number of benzene rings is 2. The highest BCUT2D eigenvalue weighted by molar-refractivity contribution is 8.02. The van der Waals surface area contributed by atoms with Crippen LogP contribution in [0.2, 0.25) is 0 Å². The Morgan fingerprint density at radius 1 is 1.11 bits per heavy atom. The fraction of sp³-hybridized carbons (Fsp3) is 0.483. The molecule has 5 rings (SSSR count). The second kappa shape index (κ2) is 10.1. The number of likely N-dealkylation sites (tertiary alicyclic amines) is 1. The lowest BCUT2D eigenvalue weighted by Gasteiger charge is -2.37. The van der Waals surface area contributed by atoms with Crippen molar-refractivity contribution in [3.63, 3.8) is 0 Å². The number of para-hydroxylation sites is 1. The zero-order chi connectivity index (χ0) is 26.3. The van der Waals surface area contributed by atoms with Gasteiger partial charge in [-0.25, -0.2) is 0 Å². The molecule has 3 amide bonds. The smallest absolute Gasteiger partial charge is 0.248 e. The highest BCUT2D eigenvalue weighted by Gasteiger charge is 2.74. The third kappa shape index (κ3) is 4.24. The number of carbonyl (C=O) groups excluding carboxylic acids is 3.